The van der Waals surface area contributed by atoms with Crippen LogP contribution in [0.25, 0.3) is 0 Å². The number of aryl methyl sites for hydroxylation is 1. The summed E-state index contributed by atoms with van der Waals surface area (Å²) in [7, 11) is 0. The number of aliphatic imine (C=N–C) groups is 1. The lowest BCUT2D eigenvalue weighted by atomic mass is 10.1. The molecule has 1 heterocycles. The summed E-state index contributed by atoms with van der Waals surface area (Å²) in [6.45, 7) is 7.45. The molecule has 0 aliphatic carbocycles. The van der Waals surface area contributed by atoms with Crippen molar-refractivity contribution in [1.29, 1.82) is 0 Å². The van der Waals surface area contributed by atoms with Gasteiger partial charge in [0.1, 0.15) is 0 Å². The first kappa shape index (κ1) is 21.5. The Morgan fingerprint density at radius 1 is 1.38 bits per heavy atom. The van der Waals surface area contributed by atoms with E-state index in [-0.39, 0.29) is 30.0 Å². The number of hydrogen-bond acceptors (Lipinski definition) is 3. The van der Waals surface area contributed by atoms with Crippen molar-refractivity contribution in [2.45, 2.75) is 33.4 Å². The summed E-state index contributed by atoms with van der Waals surface area (Å²) in [5, 5.41) is 8.94. The highest BCUT2D eigenvalue weighted by Gasteiger charge is 2.12. The van der Waals surface area contributed by atoms with E-state index < -0.39 is 0 Å². The normalized spacial score (nSPS) is 12.5. The molecular formula is C16H21Cl2IN4S. The molecule has 132 valence electrons. The van der Waals surface area contributed by atoms with Gasteiger partial charge in [0.2, 0.25) is 0 Å². The van der Waals surface area contributed by atoms with Crippen molar-refractivity contribution >= 4 is 64.5 Å². The lowest BCUT2D eigenvalue weighted by Gasteiger charge is -2.19. The fourth-order valence-electron chi connectivity index (χ4n) is 2.09. The van der Waals surface area contributed by atoms with Gasteiger partial charge < -0.3 is 10.6 Å². The zero-order valence-electron chi connectivity index (χ0n) is 13.8. The second kappa shape index (κ2) is 10.4. The third-order valence-electron chi connectivity index (χ3n) is 3.19. The maximum Gasteiger partial charge on any atom is 0.192 e. The third kappa shape index (κ3) is 6.38. The Labute approximate surface area is 174 Å². The molecule has 0 fully saturated rings. The van der Waals surface area contributed by atoms with Gasteiger partial charge in [-0.25, -0.2) is 9.98 Å². The fourth-order valence-corrected chi connectivity index (χ4v) is 3.38. The highest BCUT2D eigenvalue weighted by Crippen LogP contribution is 2.26. The maximum atomic E-state index is 6.27. The van der Waals surface area contributed by atoms with Crippen molar-refractivity contribution in [2.24, 2.45) is 4.99 Å². The topological polar surface area (TPSA) is 49.3 Å². The van der Waals surface area contributed by atoms with Crippen molar-refractivity contribution in [2.75, 3.05) is 6.54 Å². The predicted molar refractivity (Wildman–Crippen MR) is 115 cm³/mol. The molecule has 2 rings (SSSR count). The molecule has 1 atom stereocenters. The molecule has 1 unspecified atom stereocenters. The van der Waals surface area contributed by atoms with Crippen LogP contribution < -0.4 is 10.6 Å². The number of hydrogen-bond donors (Lipinski definition) is 2. The zero-order valence-corrected chi connectivity index (χ0v) is 18.4. The minimum atomic E-state index is 0. The molecule has 8 heteroatoms. The van der Waals surface area contributed by atoms with E-state index in [9.17, 15) is 0 Å². The molecule has 2 aromatic rings. The summed E-state index contributed by atoms with van der Waals surface area (Å²) in [5.74, 6) is 0.747. The van der Waals surface area contributed by atoms with Gasteiger partial charge >= 0.3 is 0 Å². The summed E-state index contributed by atoms with van der Waals surface area (Å²) in [4.78, 5) is 9.99. The van der Waals surface area contributed by atoms with Crippen LogP contribution in [0.3, 0.4) is 0 Å². The third-order valence-corrected chi connectivity index (χ3v) is 4.65. The molecule has 0 aliphatic rings. The molecule has 1 aromatic heterocycles. The SMILES string of the molecule is CCNC(=NCc1cnc(C)s1)NC(C)c1ccc(Cl)cc1Cl.I. The van der Waals surface area contributed by atoms with Crippen LogP contribution in [-0.4, -0.2) is 17.5 Å². The Bertz CT molecular complexity index is 690. The molecule has 0 radical (unpaired) electrons. The number of halogens is 3. The average molecular weight is 499 g/mol. The minimum absolute atomic E-state index is 0. The van der Waals surface area contributed by atoms with Crippen molar-refractivity contribution in [1.82, 2.24) is 15.6 Å². The van der Waals surface area contributed by atoms with E-state index >= 15 is 0 Å². The van der Waals surface area contributed by atoms with E-state index in [1.54, 1.807) is 17.4 Å². The number of guanidine groups is 1. The lowest BCUT2D eigenvalue weighted by Crippen LogP contribution is -2.38. The highest BCUT2D eigenvalue weighted by atomic mass is 127. The average Bonchev–Trinajstić information content (AvgIpc) is 2.90. The van der Waals surface area contributed by atoms with Gasteiger partial charge in [-0.1, -0.05) is 29.3 Å². The van der Waals surface area contributed by atoms with E-state index in [2.05, 4.69) is 20.6 Å². The van der Waals surface area contributed by atoms with E-state index in [4.69, 9.17) is 23.2 Å². The molecule has 24 heavy (non-hydrogen) atoms. The molecular weight excluding hydrogens is 478 g/mol. The fraction of sp³-hybridized carbons (Fsp3) is 0.375. The van der Waals surface area contributed by atoms with Crippen LogP contribution in [-0.2, 0) is 6.54 Å². The Morgan fingerprint density at radius 2 is 2.12 bits per heavy atom. The first-order chi connectivity index (χ1) is 11.0. The van der Waals surface area contributed by atoms with Crippen LogP contribution >= 0.6 is 58.5 Å². The van der Waals surface area contributed by atoms with Crippen molar-refractivity contribution in [3.05, 3.63) is 49.9 Å². The molecule has 1 aromatic carbocycles. The first-order valence-corrected chi connectivity index (χ1v) is 8.98. The van der Waals surface area contributed by atoms with Gasteiger partial charge in [0, 0.05) is 27.7 Å². The Balaban J connectivity index is 0.00000288. The first-order valence-electron chi connectivity index (χ1n) is 7.40. The second-order valence-electron chi connectivity index (χ2n) is 5.07. The van der Waals surface area contributed by atoms with Gasteiger partial charge in [-0.05, 0) is 38.5 Å². The van der Waals surface area contributed by atoms with Gasteiger partial charge in [-0.3, -0.25) is 0 Å². The Morgan fingerprint density at radius 3 is 2.71 bits per heavy atom. The van der Waals surface area contributed by atoms with Crippen LogP contribution in [0.15, 0.2) is 29.4 Å². The van der Waals surface area contributed by atoms with E-state index in [1.807, 2.05) is 39.1 Å². The monoisotopic (exact) mass is 498 g/mol. The summed E-state index contributed by atoms with van der Waals surface area (Å²) < 4.78 is 0. The van der Waals surface area contributed by atoms with Crippen LogP contribution in [0.2, 0.25) is 10.0 Å². The molecule has 4 nitrogen and oxygen atoms in total. The quantitative estimate of drug-likeness (QED) is 0.338. The van der Waals surface area contributed by atoms with Crippen LogP contribution in [0, 0.1) is 6.92 Å². The molecule has 0 saturated heterocycles. The minimum Gasteiger partial charge on any atom is -0.357 e. The number of benzene rings is 1. The standard InChI is InChI=1S/C16H20Cl2N4S.HI/c1-4-19-16(21-9-13-8-20-11(3)23-13)22-10(2)14-6-5-12(17)7-15(14)18;/h5-8,10H,4,9H2,1-3H3,(H2,19,21,22);1H. The molecule has 0 saturated carbocycles. The predicted octanol–water partition coefficient (Wildman–Crippen LogP) is 5.19. The summed E-state index contributed by atoms with van der Waals surface area (Å²) in [6.07, 6.45) is 1.87. The Hall–Kier alpha value is -0.570. The summed E-state index contributed by atoms with van der Waals surface area (Å²) >= 11 is 13.9. The van der Waals surface area contributed by atoms with E-state index in [0.717, 1.165) is 28.0 Å². The number of thiazole rings is 1. The molecule has 0 spiro atoms. The molecule has 0 amide bonds. The molecule has 2 N–H and O–H groups in total. The smallest absolute Gasteiger partial charge is 0.192 e. The number of nitrogens with one attached hydrogen (secondary N) is 2. The molecule has 0 aliphatic heterocycles. The van der Waals surface area contributed by atoms with Gasteiger partial charge in [0.05, 0.1) is 17.6 Å². The van der Waals surface area contributed by atoms with Crippen LogP contribution in [0.1, 0.15) is 35.3 Å². The van der Waals surface area contributed by atoms with Gasteiger partial charge in [0.25, 0.3) is 0 Å². The van der Waals surface area contributed by atoms with E-state index in [0.29, 0.717) is 16.6 Å². The number of aromatic nitrogens is 1. The van der Waals surface area contributed by atoms with Crippen molar-refractivity contribution in [3.63, 3.8) is 0 Å². The van der Waals surface area contributed by atoms with Gasteiger partial charge in [0.15, 0.2) is 5.96 Å². The highest BCUT2D eigenvalue weighted by molar-refractivity contribution is 14.0. The number of rotatable bonds is 5. The van der Waals surface area contributed by atoms with Crippen molar-refractivity contribution in [3.8, 4) is 0 Å². The lowest BCUT2D eigenvalue weighted by molar-refractivity contribution is 0.687. The van der Waals surface area contributed by atoms with E-state index in [1.165, 1.54) is 0 Å². The van der Waals surface area contributed by atoms with Crippen molar-refractivity contribution < 1.29 is 0 Å². The second-order valence-corrected chi connectivity index (χ2v) is 7.24. The van der Waals surface area contributed by atoms with Gasteiger partial charge in [-0.2, -0.15) is 0 Å². The zero-order chi connectivity index (χ0) is 16.8. The number of nitrogens with zero attached hydrogens (tertiary/aromatic N) is 2. The summed E-state index contributed by atoms with van der Waals surface area (Å²) in [5.41, 5.74) is 0.982. The molecule has 0 bridgehead atoms. The van der Waals surface area contributed by atoms with Crippen LogP contribution in [0.5, 0.6) is 0 Å². The maximum absolute atomic E-state index is 6.27. The van der Waals surface area contributed by atoms with Gasteiger partial charge in [-0.15, -0.1) is 35.3 Å². The summed E-state index contributed by atoms with van der Waals surface area (Å²) in [6, 6.07) is 5.53. The Kier molecular flexibility index (Phi) is 9.33. The van der Waals surface area contributed by atoms with Crippen LogP contribution in [0.4, 0.5) is 0 Å². The largest absolute Gasteiger partial charge is 0.357 e.